The van der Waals surface area contributed by atoms with Gasteiger partial charge in [0.05, 0.1) is 12.1 Å². The summed E-state index contributed by atoms with van der Waals surface area (Å²) in [6.45, 7) is 0. The maximum atomic E-state index is 12.1. The Labute approximate surface area is 184 Å². The number of halogens is 1. The minimum Gasteiger partial charge on any atom is -0.481 e. The summed E-state index contributed by atoms with van der Waals surface area (Å²) in [5.74, 6) is -0.484. The number of hydrogen-bond donors (Lipinski definition) is 3. The predicted octanol–water partition coefficient (Wildman–Crippen LogP) is 4.27. The van der Waals surface area contributed by atoms with E-state index >= 15 is 0 Å². The molecule has 0 saturated carbocycles. The summed E-state index contributed by atoms with van der Waals surface area (Å²) in [4.78, 5) is 27.3. The quantitative estimate of drug-likeness (QED) is 0.507. The molecule has 3 N–H and O–H groups in total. The van der Waals surface area contributed by atoms with Crippen molar-refractivity contribution in [2.75, 3.05) is 10.6 Å². The summed E-state index contributed by atoms with van der Waals surface area (Å²) in [7, 11) is 0. The summed E-state index contributed by atoms with van der Waals surface area (Å²) in [5.41, 5.74) is 2.17. The number of carbonyl (C=O) groups is 2. The van der Waals surface area contributed by atoms with Crippen LogP contribution in [0.1, 0.15) is 48.9 Å². The maximum Gasteiger partial charge on any atom is 0.303 e. The molecule has 8 nitrogen and oxygen atoms in total. The van der Waals surface area contributed by atoms with Crippen molar-refractivity contribution in [2.24, 2.45) is 0 Å². The van der Waals surface area contributed by atoms with Gasteiger partial charge in [0.2, 0.25) is 11.9 Å². The van der Waals surface area contributed by atoms with E-state index in [-0.39, 0.29) is 43.2 Å². The average molecular weight is 440 g/mol. The van der Waals surface area contributed by atoms with Crippen molar-refractivity contribution in [3.8, 4) is 0 Å². The smallest absolute Gasteiger partial charge is 0.303 e. The van der Waals surface area contributed by atoms with Gasteiger partial charge >= 0.3 is 5.97 Å². The first kappa shape index (κ1) is 20.9. The van der Waals surface area contributed by atoms with Crippen LogP contribution in [-0.2, 0) is 9.59 Å². The first-order chi connectivity index (χ1) is 15.0. The number of carbonyl (C=O) groups excluding carboxylic acids is 1. The lowest BCUT2D eigenvalue weighted by molar-refractivity contribution is -0.137. The molecular weight excluding hydrogens is 418 g/mol. The van der Waals surface area contributed by atoms with Gasteiger partial charge in [-0.3, -0.25) is 14.9 Å². The highest BCUT2D eigenvalue weighted by Crippen LogP contribution is 2.38. The van der Waals surface area contributed by atoms with Gasteiger partial charge in [0.25, 0.3) is 5.95 Å². The Morgan fingerprint density at radius 2 is 1.84 bits per heavy atom. The Morgan fingerprint density at radius 1 is 1.10 bits per heavy atom. The fourth-order valence-corrected chi connectivity index (χ4v) is 3.81. The fraction of sp³-hybridized carbons (Fsp3) is 0.273. The predicted molar refractivity (Wildman–Crippen MR) is 117 cm³/mol. The van der Waals surface area contributed by atoms with E-state index < -0.39 is 5.97 Å². The number of rotatable bonds is 7. The maximum absolute atomic E-state index is 12.1. The SMILES string of the molecule is O=C(O)CCCC(=O)Nc1nc2n(n1)[C@@H](c1ccccc1)C[C@H](c1ccc(Cl)cc1)N2. The van der Waals surface area contributed by atoms with Crippen LogP contribution in [0.25, 0.3) is 0 Å². The number of carboxylic acid groups (broad SMARTS) is 1. The highest BCUT2D eigenvalue weighted by molar-refractivity contribution is 6.30. The molecule has 2 atom stereocenters. The third-order valence-corrected chi connectivity index (χ3v) is 5.44. The summed E-state index contributed by atoms with van der Waals surface area (Å²) < 4.78 is 1.79. The van der Waals surface area contributed by atoms with Crippen molar-refractivity contribution in [3.05, 3.63) is 70.7 Å². The van der Waals surface area contributed by atoms with Crippen LogP contribution in [0.15, 0.2) is 54.6 Å². The van der Waals surface area contributed by atoms with Crippen LogP contribution < -0.4 is 10.6 Å². The Morgan fingerprint density at radius 3 is 2.55 bits per heavy atom. The topological polar surface area (TPSA) is 109 Å². The van der Waals surface area contributed by atoms with E-state index in [0.717, 1.165) is 17.5 Å². The minimum absolute atomic E-state index is 0.00158. The van der Waals surface area contributed by atoms with Crippen LogP contribution in [-0.4, -0.2) is 31.7 Å². The molecule has 0 radical (unpaired) electrons. The first-order valence-corrected chi connectivity index (χ1v) is 10.4. The number of benzene rings is 2. The number of hydrogen-bond acceptors (Lipinski definition) is 5. The van der Waals surface area contributed by atoms with Crippen LogP contribution in [0.3, 0.4) is 0 Å². The summed E-state index contributed by atoms with van der Waals surface area (Å²) in [5, 5.41) is 20.0. The molecule has 2 aromatic carbocycles. The number of fused-ring (bicyclic) bond motifs is 1. The lowest BCUT2D eigenvalue weighted by Crippen LogP contribution is -2.28. The van der Waals surface area contributed by atoms with E-state index in [0.29, 0.717) is 11.0 Å². The zero-order valence-electron chi connectivity index (χ0n) is 16.7. The van der Waals surface area contributed by atoms with Crippen molar-refractivity contribution in [1.29, 1.82) is 0 Å². The molecule has 1 aliphatic heterocycles. The largest absolute Gasteiger partial charge is 0.481 e. The van der Waals surface area contributed by atoms with Gasteiger partial charge in [-0.15, -0.1) is 5.10 Å². The fourth-order valence-electron chi connectivity index (χ4n) is 3.68. The summed E-state index contributed by atoms with van der Waals surface area (Å²) >= 11 is 6.04. The summed E-state index contributed by atoms with van der Waals surface area (Å²) in [6, 6.07) is 17.6. The number of carboxylic acids is 1. The number of amides is 1. The van der Waals surface area contributed by atoms with Crippen LogP contribution in [0, 0.1) is 0 Å². The third kappa shape index (κ3) is 5.03. The Hall–Kier alpha value is -3.39. The highest BCUT2D eigenvalue weighted by atomic mass is 35.5. The van der Waals surface area contributed by atoms with Crippen molar-refractivity contribution in [1.82, 2.24) is 14.8 Å². The van der Waals surface area contributed by atoms with Gasteiger partial charge in [0.1, 0.15) is 0 Å². The normalized spacial score (nSPS) is 17.5. The lowest BCUT2D eigenvalue weighted by atomic mass is 9.93. The zero-order chi connectivity index (χ0) is 21.8. The minimum atomic E-state index is -0.925. The first-order valence-electron chi connectivity index (χ1n) is 10.0. The number of anilines is 2. The molecule has 0 bridgehead atoms. The van der Waals surface area contributed by atoms with Gasteiger partial charge < -0.3 is 10.4 Å². The molecular formula is C22H22ClN5O3. The highest BCUT2D eigenvalue weighted by Gasteiger charge is 2.31. The van der Waals surface area contributed by atoms with E-state index in [1.807, 2.05) is 54.6 Å². The average Bonchev–Trinajstić information content (AvgIpc) is 3.16. The standard InChI is InChI=1S/C22H22ClN5O3/c23-16-11-9-14(10-12-16)17-13-18(15-5-2-1-3-6-15)28-22(24-17)26-21(27-28)25-19(29)7-4-8-20(30)31/h1-3,5-6,9-12,17-18H,4,7-8,13H2,(H,30,31)(H2,24,25,26,27,29)/t17-,18-/m1/s1. The number of aromatic nitrogens is 3. The number of nitrogens with one attached hydrogen (secondary N) is 2. The van der Waals surface area contributed by atoms with Gasteiger partial charge in [-0.05, 0) is 36.1 Å². The summed E-state index contributed by atoms with van der Waals surface area (Å²) in [6.07, 6.45) is 1.05. The lowest BCUT2D eigenvalue weighted by Gasteiger charge is -2.31. The molecule has 0 aliphatic carbocycles. The third-order valence-electron chi connectivity index (χ3n) is 5.19. The molecule has 1 aromatic heterocycles. The van der Waals surface area contributed by atoms with Gasteiger partial charge in [0, 0.05) is 17.9 Å². The van der Waals surface area contributed by atoms with E-state index in [4.69, 9.17) is 16.7 Å². The van der Waals surface area contributed by atoms with Crippen LogP contribution >= 0.6 is 11.6 Å². The Bertz CT molecular complexity index is 1070. The van der Waals surface area contributed by atoms with Crippen molar-refractivity contribution in [3.63, 3.8) is 0 Å². The van der Waals surface area contributed by atoms with Gasteiger partial charge in [0.15, 0.2) is 0 Å². The monoisotopic (exact) mass is 439 g/mol. The number of nitrogens with zero attached hydrogens (tertiary/aromatic N) is 3. The Balaban J connectivity index is 1.58. The van der Waals surface area contributed by atoms with Crippen molar-refractivity contribution in [2.45, 2.75) is 37.8 Å². The molecule has 2 heterocycles. The zero-order valence-corrected chi connectivity index (χ0v) is 17.4. The van der Waals surface area contributed by atoms with Crippen molar-refractivity contribution >= 4 is 35.4 Å². The second-order valence-corrected chi connectivity index (χ2v) is 7.85. The molecule has 9 heteroatoms. The van der Waals surface area contributed by atoms with Gasteiger partial charge in [-0.2, -0.15) is 4.98 Å². The molecule has 0 unspecified atom stereocenters. The second kappa shape index (κ2) is 9.18. The van der Waals surface area contributed by atoms with E-state index in [9.17, 15) is 9.59 Å². The van der Waals surface area contributed by atoms with E-state index in [1.54, 1.807) is 4.68 Å². The molecule has 0 spiro atoms. The Kier molecular flexibility index (Phi) is 6.18. The molecule has 1 aliphatic rings. The molecule has 0 fully saturated rings. The number of aliphatic carboxylic acids is 1. The van der Waals surface area contributed by atoms with Gasteiger partial charge in [-0.1, -0.05) is 54.1 Å². The molecule has 160 valence electrons. The van der Waals surface area contributed by atoms with Crippen LogP contribution in [0.2, 0.25) is 5.02 Å². The van der Waals surface area contributed by atoms with Crippen LogP contribution in [0.5, 0.6) is 0 Å². The molecule has 31 heavy (non-hydrogen) atoms. The molecule has 3 aromatic rings. The van der Waals surface area contributed by atoms with E-state index in [1.165, 1.54) is 0 Å². The molecule has 1 amide bonds. The molecule has 4 rings (SSSR count). The van der Waals surface area contributed by atoms with Crippen LogP contribution in [0.4, 0.5) is 11.9 Å². The van der Waals surface area contributed by atoms with Crippen molar-refractivity contribution < 1.29 is 14.7 Å². The van der Waals surface area contributed by atoms with Gasteiger partial charge in [-0.25, -0.2) is 4.68 Å². The second-order valence-electron chi connectivity index (χ2n) is 7.41. The molecule has 0 saturated heterocycles. The van der Waals surface area contributed by atoms with E-state index in [2.05, 4.69) is 20.7 Å².